The minimum absolute atomic E-state index is 0.371. The molecule has 0 aliphatic rings. The Labute approximate surface area is 123 Å². The molecule has 1 unspecified atom stereocenters. The van der Waals surface area contributed by atoms with Crippen molar-refractivity contribution in [2.75, 3.05) is 0 Å². The van der Waals surface area contributed by atoms with Gasteiger partial charge < -0.3 is 4.74 Å². The Morgan fingerprint density at radius 3 is 2.63 bits per heavy atom. The average molecular weight is 319 g/mol. The predicted molar refractivity (Wildman–Crippen MR) is 83.9 cm³/mol. The molecular formula is C17H19BrO. The maximum absolute atomic E-state index is 5.93. The van der Waals surface area contributed by atoms with Crippen LogP contribution >= 0.6 is 15.9 Å². The summed E-state index contributed by atoms with van der Waals surface area (Å²) in [6, 6.07) is 16.7. The summed E-state index contributed by atoms with van der Waals surface area (Å²) >= 11 is 3.59. The highest BCUT2D eigenvalue weighted by atomic mass is 79.9. The summed E-state index contributed by atoms with van der Waals surface area (Å²) in [5.74, 6) is 0.988. The van der Waals surface area contributed by atoms with E-state index in [0.717, 1.165) is 12.2 Å². The van der Waals surface area contributed by atoms with E-state index >= 15 is 0 Å². The van der Waals surface area contributed by atoms with Gasteiger partial charge in [0.1, 0.15) is 12.4 Å². The van der Waals surface area contributed by atoms with E-state index in [2.05, 4.69) is 66.2 Å². The Morgan fingerprint density at radius 1 is 1.11 bits per heavy atom. The number of aryl methyl sites for hydroxylation is 1. The van der Waals surface area contributed by atoms with Gasteiger partial charge in [-0.1, -0.05) is 65.3 Å². The first-order valence-electron chi connectivity index (χ1n) is 6.64. The largest absolute Gasteiger partial charge is 0.489 e. The third-order valence-electron chi connectivity index (χ3n) is 3.16. The zero-order valence-electron chi connectivity index (χ0n) is 11.4. The molecular weight excluding hydrogens is 300 g/mol. The van der Waals surface area contributed by atoms with E-state index in [0.29, 0.717) is 11.4 Å². The van der Waals surface area contributed by atoms with Crippen LogP contribution in [0.2, 0.25) is 0 Å². The summed E-state index contributed by atoms with van der Waals surface area (Å²) in [6.07, 6.45) is 0.995. The summed E-state index contributed by atoms with van der Waals surface area (Å²) in [6.45, 7) is 4.90. The molecule has 0 aliphatic carbocycles. The second-order valence-corrected chi connectivity index (χ2v) is 5.98. The van der Waals surface area contributed by atoms with Crippen LogP contribution in [-0.4, -0.2) is 0 Å². The van der Waals surface area contributed by atoms with Crippen molar-refractivity contribution in [1.82, 2.24) is 0 Å². The molecule has 0 bridgehead atoms. The molecule has 0 spiro atoms. The lowest BCUT2D eigenvalue weighted by atomic mass is 10.1. The van der Waals surface area contributed by atoms with Crippen LogP contribution in [0.4, 0.5) is 0 Å². The fraction of sp³-hybridized carbons (Fsp3) is 0.294. The molecule has 2 rings (SSSR count). The molecule has 0 amide bonds. The smallest absolute Gasteiger partial charge is 0.122 e. The van der Waals surface area contributed by atoms with E-state index in [1.54, 1.807) is 0 Å². The number of para-hydroxylation sites is 1. The van der Waals surface area contributed by atoms with Crippen molar-refractivity contribution in [2.45, 2.75) is 31.7 Å². The van der Waals surface area contributed by atoms with Gasteiger partial charge in [-0.05, 0) is 36.1 Å². The van der Waals surface area contributed by atoms with Gasteiger partial charge in [-0.25, -0.2) is 0 Å². The van der Waals surface area contributed by atoms with E-state index in [9.17, 15) is 0 Å². The average Bonchev–Trinajstić information content (AvgIpc) is 2.45. The van der Waals surface area contributed by atoms with Crippen LogP contribution in [0.5, 0.6) is 5.75 Å². The quantitative estimate of drug-likeness (QED) is 0.681. The molecule has 2 heteroatoms. The third kappa shape index (κ3) is 3.84. The molecule has 0 aromatic heterocycles. The van der Waals surface area contributed by atoms with Gasteiger partial charge in [0.25, 0.3) is 0 Å². The molecule has 2 aromatic rings. The van der Waals surface area contributed by atoms with Crippen LogP contribution in [0.1, 0.15) is 35.4 Å². The SMILES string of the molecule is CCc1ccccc1OCc1cccc(C(C)Br)c1. The lowest BCUT2D eigenvalue weighted by Crippen LogP contribution is -1.99. The maximum atomic E-state index is 5.93. The second-order valence-electron chi connectivity index (χ2n) is 4.61. The number of halogens is 1. The van der Waals surface area contributed by atoms with Crippen LogP contribution in [0.25, 0.3) is 0 Å². The predicted octanol–water partition coefficient (Wildman–Crippen LogP) is 5.28. The molecule has 0 aliphatic heterocycles. The fourth-order valence-electron chi connectivity index (χ4n) is 2.03. The van der Waals surface area contributed by atoms with Crippen molar-refractivity contribution in [3.8, 4) is 5.75 Å². The topological polar surface area (TPSA) is 9.23 Å². The molecule has 0 fully saturated rings. The van der Waals surface area contributed by atoms with Crippen molar-refractivity contribution < 1.29 is 4.74 Å². The second kappa shape index (κ2) is 6.76. The number of ether oxygens (including phenoxy) is 1. The van der Waals surface area contributed by atoms with Gasteiger partial charge in [-0.2, -0.15) is 0 Å². The summed E-state index contributed by atoms with van der Waals surface area (Å²) in [5, 5.41) is 0. The lowest BCUT2D eigenvalue weighted by molar-refractivity contribution is 0.303. The van der Waals surface area contributed by atoms with Gasteiger partial charge in [0, 0.05) is 4.83 Å². The molecule has 1 atom stereocenters. The van der Waals surface area contributed by atoms with E-state index in [1.807, 2.05) is 12.1 Å². The number of hydrogen-bond acceptors (Lipinski definition) is 1. The maximum Gasteiger partial charge on any atom is 0.122 e. The zero-order chi connectivity index (χ0) is 13.7. The van der Waals surface area contributed by atoms with Gasteiger partial charge >= 0.3 is 0 Å². The molecule has 0 N–H and O–H groups in total. The van der Waals surface area contributed by atoms with Crippen LogP contribution in [0, 0.1) is 0 Å². The fourth-order valence-corrected chi connectivity index (χ4v) is 2.31. The minimum Gasteiger partial charge on any atom is -0.489 e. The Balaban J connectivity index is 2.08. The van der Waals surface area contributed by atoms with Gasteiger partial charge in [0.2, 0.25) is 0 Å². The summed E-state index contributed by atoms with van der Waals surface area (Å²) in [7, 11) is 0. The third-order valence-corrected chi connectivity index (χ3v) is 3.69. The number of benzene rings is 2. The first-order valence-corrected chi connectivity index (χ1v) is 7.56. The molecule has 0 radical (unpaired) electrons. The summed E-state index contributed by atoms with van der Waals surface area (Å²) in [5.41, 5.74) is 3.74. The Hall–Kier alpha value is -1.28. The highest BCUT2D eigenvalue weighted by Crippen LogP contribution is 2.24. The Bertz CT molecular complexity index is 534. The molecule has 0 heterocycles. The van der Waals surface area contributed by atoms with Crippen molar-refractivity contribution in [3.63, 3.8) is 0 Å². The standard InChI is InChI=1S/C17H19BrO/c1-3-15-8-4-5-10-17(15)19-12-14-7-6-9-16(11-14)13(2)18/h4-11,13H,3,12H2,1-2H3. The Morgan fingerprint density at radius 2 is 1.89 bits per heavy atom. The molecule has 2 aromatic carbocycles. The molecule has 100 valence electrons. The molecule has 19 heavy (non-hydrogen) atoms. The minimum atomic E-state index is 0.371. The first kappa shape index (κ1) is 14.1. The highest BCUT2D eigenvalue weighted by molar-refractivity contribution is 9.09. The normalized spacial score (nSPS) is 12.2. The summed E-state index contributed by atoms with van der Waals surface area (Å²) in [4.78, 5) is 0.371. The molecule has 0 saturated carbocycles. The van der Waals surface area contributed by atoms with Crippen LogP contribution in [0.3, 0.4) is 0 Å². The number of hydrogen-bond donors (Lipinski definition) is 0. The van der Waals surface area contributed by atoms with Crippen molar-refractivity contribution in [1.29, 1.82) is 0 Å². The first-order chi connectivity index (χ1) is 9.20. The van der Waals surface area contributed by atoms with E-state index < -0.39 is 0 Å². The van der Waals surface area contributed by atoms with Gasteiger partial charge in [0.05, 0.1) is 0 Å². The van der Waals surface area contributed by atoms with E-state index in [1.165, 1.54) is 16.7 Å². The van der Waals surface area contributed by atoms with Crippen molar-refractivity contribution >= 4 is 15.9 Å². The summed E-state index contributed by atoms with van der Waals surface area (Å²) < 4.78 is 5.93. The monoisotopic (exact) mass is 318 g/mol. The van der Waals surface area contributed by atoms with Crippen LogP contribution in [0.15, 0.2) is 48.5 Å². The van der Waals surface area contributed by atoms with E-state index in [4.69, 9.17) is 4.74 Å². The molecule has 0 saturated heterocycles. The molecule has 1 nitrogen and oxygen atoms in total. The van der Waals surface area contributed by atoms with Gasteiger partial charge in [-0.15, -0.1) is 0 Å². The lowest BCUT2D eigenvalue weighted by Gasteiger charge is -2.11. The number of rotatable bonds is 5. The van der Waals surface area contributed by atoms with E-state index in [-0.39, 0.29) is 0 Å². The van der Waals surface area contributed by atoms with Crippen LogP contribution in [-0.2, 0) is 13.0 Å². The highest BCUT2D eigenvalue weighted by Gasteiger charge is 2.04. The van der Waals surface area contributed by atoms with Crippen molar-refractivity contribution in [2.24, 2.45) is 0 Å². The zero-order valence-corrected chi connectivity index (χ0v) is 13.0. The van der Waals surface area contributed by atoms with Crippen molar-refractivity contribution in [3.05, 3.63) is 65.2 Å². The Kier molecular flexibility index (Phi) is 5.03. The number of alkyl halides is 1. The van der Waals surface area contributed by atoms with Gasteiger partial charge in [-0.3, -0.25) is 0 Å². The van der Waals surface area contributed by atoms with Crippen LogP contribution < -0.4 is 4.74 Å². The van der Waals surface area contributed by atoms with Gasteiger partial charge in [0.15, 0.2) is 0 Å².